The summed E-state index contributed by atoms with van der Waals surface area (Å²) in [5.41, 5.74) is 2.20. The van der Waals surface area contributed by atoms with Crippen LogP contribution < -0.4 is 5.32 Å². The van der Waals surface area contributed by atoms with Crippen LogP contribution in [0.4, 0.5) is 10.1 Å². The van der Waals surface area contributed by atoms with Gasteiger partial charge in [-0.25, -0.2) is 4.39 Å². The van der Waals surface area contributed by atoms with E-state index in [0.29, 0.717) is 16.2 Å². The van der Waals surface area contributed by atoms with Gasteiger partial charge in [0.25, 0.3) is 0 Å². The summed E-state index contributed by atoms with van der Waals surface area (Å²) >= 11 is 4.43. The van der Waals surface area contributed by atoms with Crippen LogP contribution in [0.5, 0.6) is 0 Å². The molecule has 1 N–H and O–H groups in total. The Morgan fingerprint density at radius 1 is 1.32 bits per heavy atom. The number of hydrogen-bond donors (Lipinski definition) is 1. The molecule has 0 radical (unpaired) electrons. The number of benzene rings is 2. The second-order valence-corrected chi connectivity index (χ2v) is 7.84. The third-order valence-electron chi connectivity index (χ3n) is 3.95. The van der Waals surface area contributed by atoms with Crippen LogP contribution in [0.25, 0.3) is 11.4 Å². The lowest BCUT2D eigenvalue weighted by Gasteiger charge is -2.10. The second-order valence-electron chi connectivity index (χ2n) is 5.98. The molecule has 3 aromatic rings. The Balaban J connectivity index is 1.74. The summed E-state index contributed by atoms with van der Waals surface area (Å²) in [7, 11) is 0. The first kappa shape index (κ1) is 20.3. The van der Waals surface area contributed by atoms with Crippen LogP contribution in [0.3, 0.4) is 0 Å². The first-order valence-electron chi connectivity index (χ1n) is 8.47. The zero-order valence-corrected chi connectivity index (χ0v) is 17.6. The van der Waals surface area contributed by atoms with Gasteiger partial charge in [0.05, 0.1) is 11.4 Å². The largest absolute Gasteiger partial charge is 0.323 e. The standard InChI is InChI=1S/C20H18BrFN4OS/c1-3-10-26-19(15-7-5-4-6-13(15)2)24-25-20(26)28-12-18(27)23-17-9-8-14(21)11-16(17)22/h3-9,11H,1,10,12H2,2H3,(H,23,27). The molecule has 0 spiro atoms. The van der Waals surface area contributed by atoms with Gasteiger partial charge in [0.1, 0.15) is 5.82 Å². The van der Waals surface area contributed by atoms with E-state index in [1.54, 1.807) is 12.1 Å². The summed E-state index contributed by atoms with van der Waals surface area (Å²) in [6.07, 6.45) is 1.76. The third-order valence-corrected chi connectivity index (χ3v) is 5.41. The molecule has 0 saturated carbocycles. The molecule has 3 rings (SSSR count). The van der Waals surface area contributed by atoms with E-state index in [0.717, 1.165) is 17.0 Å². The van der Waals surface area contributed by atoms with Crippen LogP contribution in [-0.4, -0.2) is 26.4 Å². The zero-order chi connectivity index (χ0) is 20.1. The van der Waals surface area contributed by atoms with Gasteiger partial charge in [-0.2, -0.15) is 0 Å². The quantitative estimate of drug-likeness (QED) is 0.394. The van der Waals surface area contributed by atoms with E-state index >= 15 is 0 Å². The Hall–Kier alpha value is -2.45. The first-order valence-corrected chi connectivity index (χ1v) is 10.2. The van der Waals surface area contributed by atoms with Gasteiger partial charge >= 0.3 is 0 Å². The number of aromatic nitrogens is 3. The second kappa shape index (κ2) is 9.16. The number of nitrogens with one attached hydrogen (secondary N) is 1. The summed E-state index contributed by atoms with van der Waals surface area (Å²) in [6, 6.07) is 12.4. The summed E-state index contributed by atoms with van der Waals surface area (Å²) < 4.78 is 16.4. The lowest BCUT2D eigenvalue weighted by Crippen LogP contribution is -2.15. The number of rotatable bonds is 7. The van der Waals surface area contributed by atoms with Crippen LogP contribution in [0.1, 0.15) is 5.56 Å². The number of carbonyl (C=O) groups is 1. The number of amides is 1. The third kappa shape index (κ3) is 4.69. The summed E-state index contributed by atoms with van der Waals surface area (Å²) in [5, 5.41) is 11.7. The van der Waals surface area contributed by atoms with Gasteiger partial charge in [0, 0.05) is 16.6 Å². The fraction of sp³-hybridized carbons (Fsp3) is 0.150. The molecule has 0 aliphatic rings. The van der Waals surface area contributed by atoms with E-state index in [1.807, 2.05) is 35.8 Å². The van der Waals surface area contributed by atoms with Gasteiger partial charge in [-0.15, -0.1) is 16.8 Å². The molecular weight excluding hydrogens is 443 g/mol. The van der Waals surface area contributed by atoms with Gasteiger partial charge in [-0.1, -0.05) is 58.0 Å². The molecule has 1 heterocycles. The van der Waals surface area contributed by atoms with E-state index in [-0.39, 0.29) is 17.3 Å². The van der Waals surface area contributed by atoms with Gasteiger partial charge < -0.3 is 5.32 Å². The minimum absolute atomic E-state index is 0.0819. The highest BCUT2D eigenvalue weighted by Crippen LogP contribution is 2.26. The van der Waals surface area contributed by atoms with Crippen LogP contribution in [0.2, 0.25) is 0 Å². The Bertz CT molecular complexity index is 1020. The molecule has 144 valence electrons. The number of nitrogens with zero attached hydrogens (tertiary/aromatic N) is 3. The van der Waals surface area contributed by atoms with Crippen molar-refractivity contribution >= 4 is 39.3 Å². The monoisotopic (exact) mass is 460 g/mol. The van der Waals surface area contributed by atoms with E-state index < -0.39 is 5.82 Å². The number of halogens is 2. The molecule has 0 aliphatic heterocycles. The highest BCUT2D eigenvalue weighted by Gasteiger charge is 2.16. The molecule has 0 saturated heterocycles. The fourth-order valence-corrected chi connectivity index (χ4v) is 3.70. The van der Waals surface area contributed by atoms with Crippen molar-refractivity contribution in [3.63, 3.8) is 0 Å². The molecule has 1 aromatic heterocycles. The minimum atomic E-state index is -0.496. The summed E-state index contributed by atoms with van der Waals surface area (Å²) in [5.74, 6) is -0.0143. The number of thioether (sulfide) groups is 1. The Morgan fingerprint density at radius 3 is 2.82 bits per heavy atom. The first-order chi connectivity index (χ1) is 13.5. The lowest BCUT2D eigenvalue weighted by atomic mass is 10.1. The molecule has 2 aromatic carbocycles. The molecule has 0 aliphatic carbocycles. The molecule has 1 amide bonds. The van der Waals surface area contributed by atoms with Crippen LogP contribution in [0, 0.1) is 12.7 Å². The van der Waals surface area contributed by atoms with E-state index in [9.17, 15) is 9.18 Å². The van der Waals surface area contributed by atoms with Crippen molar-refractivity contribution in [3.05, 3.63) is 71.0 Å². The van der Waals surface area contributed by atoms with Gasteiger partial charge in [0.15, 0.2) is 11.0 Å². The minimum Gasteiger partial charge on any atom is -0.323 e. The van der Waals surface area contributed by atoms with Crippen molar-refractivity contribution in [3.8, 4) is 11.4 Å². The van der Waals surface area contributed by atoms with Crippen LogP contribution in [-0.2, 0) is 11.3 Å². The van der Waals surface area contributed by atoms with Crippen molar-refractivity contribution in [1.29, 1.82) is 0 Å². The predicted molar refractivity (Wildman–Crippen MR) is 114 cm³/mol. The maximum atomic E-state index is 13.9. The highest BCUT2D eigenvalue weighted by atomic mass is 79.9. The molecule has 0 atom stereocenters. The SMILES string of the molecule is C=CCn1c(SCC(=O)Nc2ccc(Br)cc2F)nnc1-c1ccccc1C. The van der Waals surface area contributed by atoms with Crippen molar-refractivity contribution in [2.75, 3.05) is 11.1 Å². The average Bonchev–Trinajstić information content (AvgIpc) is 3.06. The number of carbonyl (C=O) groups excluding carboxylic acids is 1. The molecule has 28 heavy (non-hydrogen) atoms. The Labute approximate surface area is 175 Å². The highest BCUT2D eigenvalue weighted by molar-refractivity contribution is 9.10. The molecule has 0 unspecified atom stereocenters. The van der Waals surface area contributed by atoms with Crippen molar-refractivity contribution in [1.82, 2.24) is 14.8 Å². The molecule has 5 nitrogen and oxygen atoms in total. The van der Waals surface area contributed by atoms with Crippen molar-refractivity contribution in [2.24, 2.45) is 0 Å². The van der Waals surface area contributed by atoms with Gasteiger partial charge in [-0.05, 0) is 30.7 Å². The molecule has 8 heteroatoms. The Kier molecular flexibility index (Phi) is 6.64. The van der Waals surface area contributed by atoms with E-state index in [4.69, 9.17) is 0 Å². The van der Waals surface area contributed by atoms with Crippen LogP contribution >= 0.6 is 27.7 Å². The van der Waals surface area contributed by atoms with Crippen LogP contribution in [0.15, 0.2) is 64.7 Å². The Morgan fingerprint density at radius 2 is 2.11 bits per heavy atom. The van der Waals surface area contributed by atoms with Gasteiger partial charge in [-0.3, -0.25) is 9.36 Å². The maximum Gasteiger partial charge on any atom is 0.234 e. The molecule has 0 fully saturated rings. The smallest absolute Gasteiger partial charge is 0.234 e. The van der Waals surface area contributed by atoms with Crippen molar-refractivity contribution < 1.29 is 9.18 Å². The number of allylic oxidation sites excluding steroid dienone is 1. The summed E-state index contributed by atoms with van der Waals surface area (Å²) in [6.45, 7) is 6.32. The zero-order valence-electron chi connectivity index (χ0n) is 15.2. The molecular formula is C20H18BrFN4OS. The normalized spacial score (nSPS) is 10.7. The lowest BCUT2D eigenvalue weighted by molar-refractivity contribution is -0.113. The van der Waals surface area contributed by atoms with E-state index in [1.165, 1.54) is 23.9 Å². The number of anilines is 1. The van der Waals surface area contributed by atoms with E-state index in [2.05, 4.69) is 38.0 Å². The predicted octanol–water partition coefficient (Wildman–Crippen LogP) is 5.07. The average molecular weight is 461 g/mol. The molecule has 0 bridgehead atoms. The summed E-state index contributed by atoms with van der Waals surface area (Å²) in [4.78, 5) is 12.2. The maximum absolute atomic E-state index is 13.9. The fourth-order valence-electron chi connectivity index (χ4n) is 2.62. The number of hydrogen-bond acceptors (Lipinski definition) is 4. The topological polar surface area (TPSA) is 59.8 Å². The number of aryl methyl sites for hydroxylation is 1. The van der Waals surface area contributed by atoms with Crippen molar-refractivity contribution in [2.45, 2.75) is 18.6 Å². The van der Waals surface area contributed by atoms with Gasteiger partial charge in [0.2, 0.25) is 5.91 Å².